The molecule has 4 rings (SSSR count). The number of hydrogen-bond acceptors (Lipinski definition) is 4. The van der Waals surface area contributed by atoms with E-state index >= 15 is 0 Å². The summed E-state index contributed by atoms with van der Waals surface area (Å²) < 4.78 is 0. The fraction of sp³-hybridized carbons (Fsp3) is 0.636. The number of benzene rings is 1. The van der Waals surface area contributed by atoms with Crippen molar-refractivity contribution in [2.45, 2.75) is 38.6 Å². The van der Waals surface area contributed by atoms with Gasteiger partial charge >= 0.3 is 0 Å². The first kappa shape index (κ1) is 19.2. The molecule has 0 bridgehead atoms. The molecule has 1 aromatic carbocycles. The van der Waals surface area contributed by atoms with E-state index in [-0.39, 0.29) is 17.6 Å². The maximum atomic E-state index is 12.7. The standard InChI is InChI=1S/C22H31N3O3/c1-16-13-18(14-16)22(28)25-8-2-3-19(15-25)23-9-11-24(12-10-23)21(27)17-4-6-20(26)7-5-17/h4-7,16,18-19,26H,2-3,8-15H2,1H3. The zero-order valence-corrected chi connectivity index (χ0v) is 16.7. The molecule has 1 aliphatic carbocycles. The minimum atomic E-state index is 0.0270. The van der Waals surface area contributed by atoms with Gasteiger partial charge in [0, 0.05) is 56.8 Å². The first-order valence-corrected chi connectivity index (χ1v) is 10.6. The van der Waals surface area contributed by atoms with Crippen LogP contribution in [0.3, 0.4) is 0 Å². The van der Waals surface area contributed by atoms with Crippen molar-refractivity contribution in [2.75, 3.05) is 39.3 Å². The van der Waals surface area contributed by atoms with Gasteiger partial charge in [-0.15, -0.1) is 0 Å². The number of phenols is 1. The van der Waals surface area contributed by atoms with Gasteiger partial charge < -0.3 is 14.9 Å². The molecule has 152 valence electrons. The van der Waals surface area contributed by atoms with Crippen molar-refractivity contribution >= 4 is 11.8 Å². The molecule has 1 unspecified atom stereocenters. The third-order valence-electron chi connectivity index (χ3n) is 6.66. The Labute approximate surface area is 167 Å². The fourth-order valence-corrected chi connectivity index (χ4v) is 4.89. The van der Waals surface area contributed by atoms with Crippen LogP contribution in [0.5, 0.6) is 5.75 Å². The predicted octanol–water partition coefficient (Wildman–Crippen LogP) is 2.19. The minimum Gasteiger partial charge on any atom is -0.508 e. The molecule has 1 saturated carbocycles. The predicted molar refractivity (Wildman–Crippen MR) is 107 cm³/mol. The number of phenolic OH excluding ortho intramolecular Hbond substituents is 1. The van der Waals surface area contributed by atoms with E-state index in [9.17, 15) is 14.7 Å². The Morgan fingerprint density at radius 3 is 2.29 bits per heavy atom. The Hall–Kier alpha value is -2.08. The lowest BCUT2D eigenvalue weighted by Gasteiger charge is -2.45. The van der Waals surface area contributed by atoms with Crippen molar-refractivity contribution in [1.29, 1.82) is 0 Å². The van der Waals surface area contributed by atoms with Gasteiger partial charge in [0.25, 0.3) is 5.91 Å². The van der Waals surface area contributed by atoms with Crippen LogP contribution in [0.4, 0.5) is 0 Å². The number of carbonyl (C=O) groups is 2. The highest BCUT2D eigenvalue weighted by Crippen LogP contribution is 2.35. The van der Waals surface area contributed by atoms with Crippen LogP contribution in [-0.4, -0.2) is 76.9 Å². The monoisotopic (exact) mass is 385 g/mol. The summed E-state index contributed by atoms with van der Waals surface area (Å²) in [4.78, 5) is 31.8. The molecule has 0 radical (unpaired) electrons. The van der Waals surface area contributed by atoms with E-state index in [0.717, 1.165) is 51.9 Å². The zero-order chi connectivity index (χ0) is 19.7. The lowest BCUT2D eigenvalue weighted by Crippen LogP contribution is -2.57. The highest BCUT2D eigenvalue weighted by molar-refractivity contribution is 5.94. The highest BCUT2D eigenvalue weighted by atomic mass is 16.3. The van der Waals surface area contributed by atoms with Crippen LogP contribution in [0.2, 0.25) is 0 Å². The summed E-state index contributed by atoms with van der Waals surface area (Å²) in [6.07, 6.45) is 4.32. The first-order valence-electron chi connectivity index (χ1n) is 10.6. The second-order valence-electron chi connectivity index (χ2n) is 8.73. The van der Waals surface area contributed by atoms with E-state index in [4.69, 9.17) is 0 Å². The number of carbonyl (C=O) groups excluding carboxylic acids is 2. The average molecular weight is 386 g/mol. The second-order valence-corrected chi connectivity index (χ2v) is 8.73. The molecule has 3 aliphatic rings. The van der Waals surface area contributed by atoms with Gasteiger partial charge in [0.05, 0.1) is 0 Å². The molecule has 0 aromatic heterocycles. The lowest BCUT2D eigenvalue weighted by molar-refractivity contribution is -0.142. The quantitative estimate of drug-likeness (QED) is 0.866. The lowest BCUT2D eigenvalue weighted by atomic mass is 9.75. The molecular formula is C22H31N3O3. The highest BCUT2D eigenvalue weighted by Gasteiger charge is 2.37. The maximum absolute atomic E-state index is 12.7. The molecule has 6 nitrogen and oxygen atoms in total. The molecule has 2 heterocycles. The molecule has 2 saturated heterocycles. The number of piperidine rings is 1. The van der Waals surface area contributed by atoms with E-state index in [1.165, 1.54) is 0 Å². The minimum absolute atomic E-state index is 0.0270. The number of nitrogens with zero attached hydrogens (tertiary/aromatic N) is 3. The van der Waals surface area contributed by atoms with Crippen LogP contribution < -0.4 is 0 Å². The van der Waals surface area contributed by atoms with Crippen molar-refractivity contribution in [1.82, 2.24) is 14.7 Å². The van der Waals surface area contributed by atoms with Crippen molar-refractivity contribution in [2.24, 2.45) is 11.8 Å². The number of aromatic hydroxyl groups is 1. The summed E-state index contributed by atoms with van der Waals surface area (Å²) in [5.41, 5.74) is 0.621. The van der Waals surface area contributed by atoms with Gasteiger partial charge in [0.2, 0.25) is 5.91 Å². The Kier molecular flexibility index (Phi) is 5.58. The second kappa shape index (κ2) is 8.11. The molecule has 2 aliphatic heterocycles. The van der Waals surface area contributed by atoms with Gasteiger partial charge in [-0.05, 0) is 55.9 Å². The van der Waals surface area contributed by atoms with Gasteiger partial charge in [-0.2, -0.15) is 0 Å². The van der Waals surface area contributed by atoms with Gasteiger partial charge in [0.1, 0.15) is 5.75 Å². The summed E-state index contributed by atoms with van der Waals surface area (Å²) in [7, 11) is 0. The van der Waals surface area contributed by atoms with Crippen LogP contribution >= 0.6 is 0 Å². The van der Waals surface area contributed by atoms with Gasteiger partial charge in [-0.3, -0.25) is 14.5 Å². The summed E-state index contributed by atoms with van der Waals surface area (Å²) in [5, 5.41) is 9.40. The van der Waals surface area contributed by atoms with Gasteiger partial charge in [0.15, 0.2) is 0 Å². The maximum Gasteiger partial charge on any atom is 0.253 e. The Bertz CT molecular complexity index is 706. The third kappa shape index (κ3) is 4.02. The largest absolute Gasteiger partial charge is 0.508 e. The summed E-state index contributed by atoms with van der Waals surface area (Å²) in [6, 6.07) is 6.88. The van der Waals surface area contributed by atoms with Gasteiger partial charge in [-0.1, -0.05) is 6.92 Å². The smallest absolute Gasteiger partial charge is 0.253 e. The fourth-order valence-electron chi connectivity index (χ4n) is 4.89. The Morgan fingerprint density at radius 2 is 1.64 bits per heavy atom. The van der Waals surface area contributed by atoms with E-state index in [1.54, 1.807) is 24.3 Å². The molecule has 1 atom stereocenters. The van der Waals surface area contributed by atoms with Crippen LogP contribution in [0.1, 0.15) is 43.0 Å². The zero-order valence-electron chi connectivity index (χ0n) is 16.7. The van der Waals surface area contributed by atoms with Crippen LogP contribution in [0.15, 0.2) is 24.3 Å². The molecule has 1 N–H and O–H groups in total. The molecule has 6 heteroatoms. The van der Waals surface area contributed by atoms with Crippen LogP contribution in [0.25, 0.3) is 0 Å². The molecule has 0 spiro atoms. The number of piperazine rings is 1. The molecule has 28 heavy (non-hydrogen) atoms. The molecular weight excluding hydrogens is 354 g/mol. The average Bonchev–Trinajstić information content (AvgIpc) is 2.71. The van der Waals surface area contributed by atoms with Crippen molar-refractivity contribution in [3.8, 4) is 5.75 Å². The van der Waals surface area contributed by atoms with Crippen molar-refractivity contribution in [3.05, 3.63) is 29.8 Å². The normalized spacial score (nSPS) is 28.7. The molecule has 3 fully saturated rings. The number of rotatable bonds is 3. The van der Waals surface area contributed by atoms with E-state index in [0.29, 0.717) is 36.5 Å². The Balaban J connectivity index is 1.29. The topological polar surface area (TPSA) is 64.1 Å². The molecule has 1 aromatic rings. The first-order chi connectivity index (χ1) is 13.5. The SMILES string of the molecule is CC1CC(C(=O)N2CCCC(N3CCN(C(=O)c4ccc(O)cc4)CC3)C2)C1. The Morgan fingerprint density at radius 1 is 0.964 bits per heavy atom. The number of amides is 2. The molecule has 2 amide bonds. The van der Waals surface area contributed by atoms with Crippen molar-refractivity contribution in [3.63, 3.8) is 0 Å². The summed E-state index contributed by atoms with van der Waals surface area (Å²) >= 11 is 0. The summed E-state index contributed by atoms with van der Waals surface area (Å²) in [5.74, 6) is 1.53. The van der Waals surface area contributed by atoms with Crippen LogP contribution in [0, 0.1) is 11.8 Å². The van der Waals surface area contributed by atoms with E-state index in [1.807, 2.05) is 4.90 Å². The van der Waals surface area contributed by atoms with E-state index in [2.05, 4.69) is 16.7 Å². The van der Waals surface area contributed by atoms with Crippen LogP contribution in [-0.2, 0) is 4.79 Å². The summed E-state index contributed by atoms with van der Waals surface area (Å²) in [6.45, 7) is 7.11. The number of hydrogen-bond donors (Lipinski definition) is 1. The number of likely N-dealkylation sites (tertiary alicyclic amines) is 1. The van der Waals surface area contributed by atoms with Gasteiger partial charge in [-0.25, -0.2) is 0 Å². The third-order valence-corrected chi connectivity index (χ3v) is 6.66. The van der Waals surface area contributed by atoms with Crippen molar-refractivity contribution < 1.29 is 14.7 Å². The van der Waals surface area contributed by atoms with E-state index < -0.39 is 0 Å².